The maximum absolute atomic E-state index is 12.6. The second-order valence-electron chi connectivity index (χ2n) is 9.61. The van der Waals surface area contributed by atoms with Gasteiger partial charge in [-0.05, 0) is 90.7 Å². The predicted octanol–water partition coefficient (Wildman–Crippen LogP) is 5.18. The zero-order valence-electron chi connectivity index (χ0n) is 17.0. The first-order valence-electron chi connectivity index (χ1n) is 10.8. The van der Waals surface area contributed by atoms with Gasteiger partial charge in [0.1, 0.15) is 5.75 Å². The van der Waals surface area contributed by atoms with Gasteiger partial charge < -0.3 is 9.47 Å². The first-order chi connectivity index (χ1) is 14.0. The number of ether oxygens (including phenoxy) is 2. The first kappa shape index (κ1) is 18.7. The first-order valence-corrected chi connectivity index (χ1v) is 10.8. The Hall–Kier alpha value is -2.36. The number of benzene rings is 2. The Kier molecular flexibility index (Phi) is 4.60. The molecule has 0 heterocycles. The standard InChI is InChI=1S/C25H28O4/c1-28-22-5-4-19-9-21(3-2-20(19)10-22)23(26)15-29-24(27)14-25-11-16-6-17(12-25)8-18(7-16)13-25/h2-5,9-10,16-18H,6-8,11-15H2,1H3. The van der Waals surface area contributed by atoms with E-state index in [4.69, 9.17) is 9.47 Å². The molecule has 29 heavy (non-hydrogen) atoms. The van der Waals surface area contributed by atoms with Crippen molar-refractivity contribution in [1.29, 1.82) is 0 Å². The van der Waals surface area contributed by atoms with Crippen LogP contribution in [-0.4, -0.2) is 25.5 Å². The van der Waals surface area contributed by atoms with E-state index in [1.54, 1.807) is 13.2 Å². The Labute approximate surface area is 171 Å². The van der Waals surface area contributed by atoms with Crippen LogP contribution in [0.15, 0.2) is 36.4 Å². The van der Waals surface area contributed by atoms with Crippen molar-refractivity contribution >= 4 is 22.5 Å². The summed E-state index contributed by atoms with van der Waals surface area (Å²) in [6, 6.07) is 11.3. The number of Topliss-reactive ketones (excluding diaryl/α,β-unsaturated/α-hetero) is 1. The third kappa shape index (κ3) is 3.65. The fourth-order valence-corrected chi connectivity index (χ4v) is 6.62. The zero-order valence-corrected chi connectivity index (χ0v) is 17.0. The highest BCUT2D eigenvalue weighted by Crippen LogP contribution is 2.61. The lowest BCUT2D eigenvalue weighted by atomic mass is 9.49. The monoisotopic (exact) mass is 392 g/mol. The van der Waals surface area contributed by atoms with E-state index in [0.717, 1.165) is 34.3 Å². The Bertz CT molecular complexity index is 925. The Morgan fingerprint density at radius 3 is 2.21 bits per heavy atom. The highest BCUT2D eigenvalue weighted by atomic mass is 16.5. The summed E-state index contributed by atoms with van der Waals surface area (Å²) in [5.41, 5.74) is 0.724. The maximum Gasteiger partial charge on any atom is 0.306 e. The van der Waals surface area contributed by atoms with Crippen molar-refractivity contribution in [3.8, 4) is 5.75 Å². The highest BCUT2D eigenvalue weighted by Gasteiger charge is 2.51. The van der Waals surface area contributed by atoms with Crippen molar-refractivity contribution in [2.24, 2.45) is 23.2 Å². The summed E-state index contributed by atoms with van der Waals surface area (Å²) in [6.45, 7) is -0.174. The van der Waals surface area contributed by atoms with E-state index < -0.39 is 0 Å². The largest absolute Gasteiger partial charge is 0.497 e. The molecule has 0 N–H and O–H groups in total. The molecule has 0 spiro atoms. The van der Waals surface area contributed by atoms with E-state index in [9.17, 15) is 9.59 Å². The summed E-state index contributed by atoms with van der Waals surface area (Å²) in [6.07, 6.45) is 8.10. The Morgan fingerprint density at radius 2 is 1.55 bits per heavy atom. The van der Waals surface area contributed by atoms with Crippen LogP contribution in [0.5, 0.6) is 5.75 Å². The van der Waals surface area contributed by atoms with Crippen molar-refractivity contribution in [3.63, 3.8) is 0 Å². The fraction of sp³-hybridized carbons (Fsp3) is 0.520. The summed E-state index contributed by atoms with van der Waals surface area (Å²) in [7, 11) is 1.64. The van der Waals surface area contributed by atoms with Gasteiger partial charge in [-0.2, -0.15) is 0 Å². The molecule has 0 aromatic heterocycles. The molecule has 4 bridgehead atoms. The SMILES string of the molecule is COc1ccc2cc(C(=O)COC(=O)CC34CC5CC(CC(C5)C3)C4)ccc2c1. The lowest BCUT2D eigenvalue weighted by molar-refractivity contribution is -0.150. The number of carbonyl (C=O) groups is 2. The van der Waals surface area contributed by atoms with Gasteiger partial charge in [0, 0.05) is 5.56 Å². The molecule has 2 aromatic carbocycles. The van der Waals surface area contributed by atoms with Crippen molar-refractivity contribution < 1.29 is 19.1 Å². The van der Waals surface area contributed by atoms with Crippen LogP contribution >= 0.6 is 0 Å². The van der Waals surface area contributed by atoms with Gasteiger partial charge in [-0.25, -0.2) is 0 Å². The normalized spacial score (nSPS) is 29.8. The number of hydrogen-bond donors (Lipinski definition) is 0. The molecule has 4 fully saturated rings. The third-order valence-corrected chi connectivity index (χ3v) is 7.42. The van der Waals surface area contributed by atoms with E-state index in [1.807, 2.05) is 30.3 Å². The number of carbonyl (C=O) groups excluding carboxylic acids is 2. The van der Waals surface area contributed by atoms with Crippen LogP contribution in [-0.2, 0) is 9.53 Å². The minimum atomic E-state index is -0.203. The lowest BCUT2D eigenvalue weighted by Gasteiger charge is -2.56. The van der Waals surface area contributed by atoms with Crippen LogP contribution in [0.4, 0.5) is 0 Å². The molecule has 0 amide bonds. The number of fused-ring (bicyclic) bond motifs is 1. The number of methoxy groups -OCH3 is 1. The summed E-state index contributed by atoms with van der Waals surface area (Å²) in [5, 5.41) is 1.98. The average molecular weight is 392 g/mol. The summed E-state index contributed by atoms with van der Waals surface area (Å²) >= 11 is 0. The molecule has 4 aliphatic carbocycles. The summed E-state index contributed by atoms with van der Waals surface area (Å²) in [4.78, 5) is 25.1. The van der Waals surface area contributed by atoms with Crippen LogP contribution in [0, 0.1) is 23.2 Å². The van der Waals surface area contributed by atoms with Crippen LogP contribution in [0.3, 0.4) is 0 Å². The van der Waals surface area contributed by atoms with Gasteiger partial charge in [0.05, 0.1) is 13.5 Å². The Balaban J connectivity index is 1.20. The molecule has 6 rings (SSSR count). The van der Waals surface area contributed by atoms with Crippen LogP contribution in [0.1, 0.15) is 55.3 Å². The van der Waals surface area contributed by atoms with Crippen molar-refractivity contribution in [2.75, 3.05) is 13.7 Å². The third-order valence-electron chi connectivity index (χ3n) is 7.42. The molecule has 4 aliphatic rings. The molecule has 4 nitrogen and oxygen atoms in total. The molecule has 0 unspecified atom stereocenters. The van der Waals surface area contributed by atoms with Crippen LogP contribution in [0.25, 0.3) is 10.8 Å². The molecule has 152 valence electrons. The van der Waals surface area contributed by atoms with Gasteiger partial charge >= 0.3 is 5.97 Å². The van der Waals surface area contributed by atoms with Gasteiger partial charge in [-0.1, -0.05) is 18.2 Å². The van der Waals surface area contributed by atoms with Gasteiger partial charge in [0.15, 0.2) is 12.4 Å². The predicted molar refractivity (Wildman–Crippen MR) is 111 cm³/mol. The van der Waals surface area contributed by atoms with E-state index in [2.05, 4.69) is 0 Å². The maximum atomic E-state index is 12.6. The lowest BCUT2D eigenvalue weighted by Crippen LogP contribution is -2.47. The molecular formula is C25H28O4. The van der Waals surface area contributed by atoms with E-state index >= 15 is 0 Å². The molecule has 4 saturated carbocycles. The van der Waals surface area contributed by atoms with Crippen molar-refractivity contribution in [1.82, 2.24) is 0 Å². The summed E-state index contributed by atoms with van der Waals surface area (Å²) in [5.74, 6) is 2.87. The Morgan fingerprint density at radius 1 is 0.931 bits per heavy atom. The second-order valence-corrected chi connectivity index (χ2v) is 9.61. The number of ketones is 1. The zero-order chi connectivity index (χ0) is 20.0. The smallest absolute Gasteiger partial charge is 0.306 e. The van der Waals surface area contributed by atoms with Crippen LogP contribution < -0.4 is 4.74 Å². The van der Waals surface area contributed by atoms with Gasteiger partial charge in [0.25, 0.3) is 0 Å². The molecule has 0 radical (unpaired) electrons. The molecule has 0 atom stereocenters. The number of hydrogen-bond acceptors (Lipinski definition) is 4. The minimum Gasteiger partial charge on any atom is -0.497 e. The molecule has 0 saturated heterocycles. The molecular weight excluding hydrogens is 364 g/mol. The fourth-order valence-electron chi connectivity index (χ4n) is 6.62. The van der Waals surface area contributed by atoms with E-state index in [0.29, 0.717) is 12.0 Å². The van der Waals surface area contributed by atoms with Gasteiger partial charge in [0.2, 0.25) is 0 Å². The van der Waals surface area contributed by atoms with Crippen molar-refractivity contribution in [3.05, 3.63) is 42.0 Å². The molecule has 4 heteroatoms. The quantitative estimate of drug-likeness (QED) is 0.502. The van der Waals surface area contributed by atoms with E-state index in [-0.39, 0.29) is 23.8 Å². The van der Waals surface area contributed by atoms with Crippen molar-refractivity contribution in [2.45, 2.75) is 44.9 Å². The highest BCUT2D eigenvalue weighted by molar-refractivity contribution is 6.01. The van der Waals surface area contributed by atoms with Gasteiger partial charge in [-0.3, -0.25) is 9.59 Å². The topological polar surface area (TPSA) is 52.6 Å². The average Bonchev–Trinajstić information content (AvgIpc) is 2.69. The number of rotatable bonds is 6. The summed E-state index contributed by atoms with van der Waals surface area (Å²) < 4.78 is 10.7. The second kappa shape index (κ2) is 7.16. The minimum absolute atomic E-state index is 0.150. The van der Waals surface area contributed by atoms with E-state index in [1.165, 1.54) is 38.5 Å². The number of esters is 1. The van der Waals surface area contributed by atoms with Gasteiger partial charge in [-0.15, -0.1) is 0 Å². The molecule has 0 aliphatic heterocycles. The molecule has 2 aromatic rings. The van der Waals surface area contributed by atoms with Crippen LogP contribution in [0.2, 0.25) is 0 Å².